The van der Waals surface area contributed by atoms with Gasteiger partial charge in [-0.1, -0.05) is 15.9 Å². The van der Waals surface area contributed by atoms with E-state index in [9.17, 15) is 0 Å². The summed E-state index contributed by atoms with van der Waals surface area (Å²) in [6.45, 7) is 4.00. The molecule has 1 aromatic rings. The predicted octanol–water partition coefficient (Wildman–Crippen LogP) is 2.18. The molecule has 0 aromatic heterocycles. The quantitative estimate of drug-likeness (QED) is 0.790. The van der Waals surface area contributed by atoms with Crippen LogP contribution in [0.1, 0.15) is 0 Å². The molecule has 1 aromatic carbocycles. The standard InChI is InChI=1S/C16H23BrN6/c1-20-7-8-21(2)15(20)18-13-6-5-12(17)11-14(13)19-16-22(3)9-10-23(16)4/h5-6,11H,7-10H2,1-4H3. The molecule has 0 amide bonds. The maximum Gasteiger partial charge on any atom is 0.201 e. The van der Waals surface area contributed by atoms with Crippen LogP contribution in [0.25, 0.3) is 0 Å². The van der Waals surface area contributed by atoms with Gasteiger partial charge in [0.25, 0.3) is 0 Å². The molecule has 124 valence electrons. The normalized spacial score (nSPS) is 18.3. The summed E-state index contributed by atoms with van der Waals surface area (Å²) >= 11 is 3.55. The van der Waals surface area contributed by atoms with E-state index in [2.05, 4.69) is 63.7 Å². The summed E-state index contributed by atoms with van der Waals surface area (Å²) in [6.07, 6.45) is 0. The van der Waals surface area contributed by atoms with Crippen LogP contribution in [0, 0.1) is 0 Å². The molecule has 0 radical (unpaired) electrons. The Bertz CT molecular complexity index is 632. The summed E-state index contributed by atoms with van der Waals surface area (Å²) in [4.78, 5) is 18.4. The van der Waals surface area contributed by atoms with Gasteiger partial charge in [-0.25, -0.2) is 9.98 Å². The first-order valence-electron chi connectivity index (χ1n) is 7.77. The lowest BCUT2D eigenvalue weighted by atomic mass is 10.3. The Labute approximate surface area is 146 Å². The van der Waals surface area contributed by atoms with E-state index >= 15 is 0 Å². The van der Waals surface area contributed by atoms with Crippen molar-refractivity contribution >= 4 is 39.2 Å². The van der Waals surface area contributed by atoms with Crippen molar-refractivity contribution in [3.63, 3.8) is 0 Å². The van der Waals surface area contributed by atoms with Gasteiger partial charge in [0.15, 0.2) is 0 Å². The number of nitrogens with zero attached hydrogens (tertiary/aromatic N) is 6. The molecule has 0 bridgehead atoms. The van der Waals surface area contributed by atoms with Crippen molar-refractivity contribution in [2.24, 2.45) is 9.98 Å². The van der Waals surface area contributed by atoms with Crippen LogP contribution < -0.4 is 0 Å². The van der Waals surface area contributed by atoms with E-state index in [-0.39, 0.29) is 0 Å². The summed E-state index contributed by atoms with van der Waals surface area (Å²) in [5.74, 6) is 1.97. The number of hydrogen-bond acceptors (Lipinski definition) is 2. The number of halogens is 1. The lowest BCUT2D eigenvalue weighted by molar-refractivity contribution is 0.553. The van der Waals surface area contributed by atoms with Gasteiger partial charge in [-0.15, -0.1) is 0 Å². The van der Waals surface area contributed by atoms with Crippen molar-refractivity contribution in [1.29, 1.82) is 0 Å². The smallest absolute Gasteiger partial charge is 0.201 e. The van der Waals surface area contributed by atoms with Crippen molar-refractivity contribution in [2.45, 2.75) is 0 Å². The Morgan fingerprint density at radius 2 is 1.17 bits per heavy atom. The van der Waals surface area contributed by atoms with Crippen LogP contribution in [0.15, 0.2) is 32.7 Å². The first-order chi connectivity index (χ1) is 11.0. The van der Waals surface area contributed by atoms with Crippen LogP contribution in [0.4, 0.5) is 11.4 Å². The lowest BCUT2D eigenvalue weighted by Gasteiger charge is -2.18. The highest BCUT2D eigenvalue weighted by Gasteiger charge is 2.22. The average Bonchev–Trinajstić information content (AvgIpc) is 2.99. The minimum Gasteiger partial charge on any atom is -0.344 e. The van der Waals surface area contributed by atoms with Crippen molar-refractivity contribution in [3.05, 3.63) is 22.7 Å². The molecule has 2 aliphatic heterocycles. The Morgan fingerprint density at radius 1 is 0.739 bits per heavy atom. The Hall–Kier alpha value is -1.76. The fourth-order valence-corrected chi connectivity index (χ4v) is 3.17. The monoisotopic (exact) mass is 378 g/mol. The fraction of sp³-hybridized carbons (Fsp3) is 0.500. The van der Waals surface area contributed by atoms with E-state index in [1.54, 1.807) is 0 Å². The van der Waals surface area contributed by atoms with Gasteiger partial charge >= 0.3 is 0 Å². The molecule has 0 N–H and O–H groups in total. The molecule has 3 rings (SSSR count). The van der Waals surface area contributed by atoms with Crippen molar-refractivity contribution in [2.75, 3.05) is 54.4 Å². The van der Waals surface area contributed by atoms with Gasteiger partial charge in [-0.05, 0) is 18.2 Å². The zero-order valence-corrected chi connectivity index (χ0v) is 15.7. The fourth-order valence-electron chi connectivity index (χ4n) is 2.82. The molecule has 2 fully saturated rings. The third-order valence-corrected chi connectivity index (χ3v) is 4.78. The Morgan fingerprint density at radius 3 is 1.65 bits per heavy atom. The number of hydrogen-bond donors (Lipinski definition) is 0. The maximum absolute atomic E-state index is 4.87. The molecule has 0 saturated carbocycles. The summed E-state index contributed by atoms with van der Waals surface area (Å²) in [7, 11) is 8.30. The number of guanidine groups is 2. The molecule has 0 unspecified atom stereocenters. The van der Waals surface area contributed by atoms with Gasteiger partial charge in [0.05, 0.1) is 11.4 Å². The lowest BCUT2D eigenvalue weighted by Crippen LogP contribution is -2.28. The van der Waals surface area contributed by atoms with Gasteiger partial charge in [0.1, 0.15) is 0 Å². The minimum atomic E-state index is 0.885. The highest BCUT2D eigenvalue weighted by atomic mass is 79.9. The molecule has 0 atom stereocenters. The maximum atomic E-state index is 4.87. The van der Waals surface area contributed by atoms with Gasteiger partial charge in [-0.3, -0.25) is 0 Å². The number of likely N-dealkylation sites (N-methyl/N-ethyl adjacent to an activating group) is 4. The van der Waals surface area contributed by atoms with Crippen molar-refractivity contribution < 1.29 is 0 Å². The van der Waals surface area contributed by atoms with E-state index in [1.807, 2.05) is 18.2 Å². The molecule has 0 aliphatic carbocycles. The first-order valence-corrected chi connectivity index (χ1v) is 8.56. The van der Waals surface area contributed by atoms with E-state index in [0.717, 1.165) is 53.9 Å². The molecule has 0 spiro atoms. The Balaban J connectivity index is 2.02. The van der Waals surface area contributed by atoms with Crippen molar-refractivity contribution in [3.8, 4) is 0 Å². The minimum absolute atomic E-state index is 0.885. The molecule has 23 heavy (non-hydrogen) atoms. The summed E-state index contributed by atoms with van der Waals surface area (Å²) in [5, 5.41) is 0. The van der Waals surface area contributed by atoms with Gasteiger partial charge in [-0.2, -0.15) is 0 Å². The van der Waals surface area contributed by atoms with Crippen LogP contribution >= 0.6 is 15.9 Å². The third-order valence-electron chi connectivity index (χ3n) is 4.29. The summed E-state index contributed by atoms with van der Waals surface area (Å²) < 4.78 is 1.01. The zero-order valence-electron chi connectivity index (χ0n) is 14.1. The first kappa shape index (κ1) is 16.1. The topological polar surface area (TPSA) is 37.7 Å². The van der Waals surface area contributed by atoms with Gasteiger partial charge in [0, 0.05) is 58.8 Å². The van der Waals surface area contributed by atoms with E-state index in [4.69, 9.17) is 9.98 Å². The number of rotatable bonds is 2. The van der Waals surface area contributed by atoms with Crippen LogP contribution in [0.3, 0.4) is 0 Å². The van der Waals surface area contributed by atoms with E-state index in [1.165, 1.54) is 0 Å². The van der Waals surface area contributed by atoms with E-state index in [0.29, 0.717) is 0 Å². The second-order valence-corrected chi connectivity index (χ2v) is 7.06. The van der Waals surface area contributed by atoms with E-state index < -0.39 is 0 Å². The number of benzene rings is 1. The second-order valence-electron chi connectivity index (χ2n) is 6.14. The SMILES string of the molecule is CN1CCN(C)C1=Nc1ccc(Br)cc1N=C1N(C)CCN1C. The van der Waals surface area contributed by atoms with Gasteiger partial charge in [0.2, 0.25) is 11.9 Å². The van der Waals surface area contributed by atoms with Gasteiger partial charge < -0.3 is 19.6 Å². The molecular weight excluding hydrogens is 356 g/mol. The molecule has 7 heteroatoms. The van der Waals surface area contributed by atoms with Crippen LogP contribution in [0.5, 0.6) is 0 Å². The molecular formula is C16H23BrN6. The average molecular weight is 379 g/mol. The highest BCUT2D eigenvalue weighted by molar-refractivity contribution is 9.10. The second kappa shape index (κ2) is 6.39. The zero-order chi connectivity index (χ0) is 16.6. The molecule has 2 heterocycles. The molecule has 2 aliphatic rings. The van der Waals surface area contributed by atoms with Crippen LogP contribution in [0.2, 0.25) is 0 Å². The summed E-state index contributed by atoms with van der Waals surface area (Å²) in [6, 6.07) is 6.06. The molecule has 2 saturated heterocycles. The largest absolute Gasteiger partial charge is 0.344 e. The highest BCUT2D eigenvalue weighted by Crippen LogP contribution is 2.33. The predicted molar refractivity (Wildman–Crippen MR) is 98.9 cm³/mol. The molecule has 6 nitrogen and oxygen atoms in total. The number of aliphatic imine (C=N–C) groups is 2. The Kier molecular flexibility index (Phi) is 4.48. The summed E-state index contributed by atoms with van der Waals surface area (Å²) in [5.41, 5.74) is 1.78. The van der Waals surface area contributed by atoms with Crippen LogP contribution in [-0.2, 0) is 0 Å². The van der Waals surface area contributed by atoms with Crippen LogP contribution in [-0.4, -0.2) is 85.9 Å². The van der Waals surface area contributed by atoms with Crippen molar-refractivity contribution in [1.82, 2.24) is 19.6 Å². The third kappa shape index (κ3) is 3.29.